The number of benzene rings is 2. The zero-order valence-electron chi connectivity index (χ0n) is 27.9. The van der Waals surface area contributed by atoms with Crippen LogP contribution >= 0.6 is 11.6 Å². The van der Waals surface area contributed by atoms with Gasteiger partial charge in [0.2, 0.25) is 29.1 Å². The molecule has 3 aliphatic rings. The second kappa shape index (κ2) is 13.2. The van der Waals surface area contributed by atoms with Gasteiger partial charge >= 0.3 is 0 Å². The molecule has 3 unspecified atom stereocenters. The molecule has 1 aromatic heterocycles. The number of fused-ring (bicyclic) bond motifs is 1. The van der Waals surface area contributed by atoms with Crippen molar-refractivity contribution in [2.75, 3.05) is 34.4 Å². The summed E-state index contributed by atoms with van der Waals surface area (Å²) in [5.74, 6) is -3.98. The molecule has 15 nitrogen and oxygen atoms in total. The molecule has 3 N–H and O–H groups in total. The van der Waals surface area contributed by atoms with Crippen LogP contribution in [0.3, 0.4) is 0 Å². The van der Waals surface area contributed by atoms with Gasteiger partial charge in [0.25, 0.3) is 0 Å². The molecule has 0 radical (unpaired) electrons. The average molecular weight is 711 g/mol. The van der Waals surface area contributed by atoms with E-state index in [9.17, 15) is 29.4 Å². The summed E-state index contributed by atoms with van der Waals surface area (Å²) in [5.41, 5.74) is -2.00. The van der Waals surface area contributed by atoms with Crippen molar-refractivity contribution in [3.63, 3.8) is 0 Å². The van der Waals surface area contributed by atoms with Crippen molar-refractivity contribution in [2.45, 2.75) is 50.7 Å². The lowest BCUT2D eigenvalue weighted by atomic mass is 9.69. The van der Waals surface area contributed by atoms with Crippen molar-refractivity contribution >= 4 is 35.0 Å². The first-order valence-corrected chi connectivity index (χ1v) is 16.1. The van der Waals surface area contributed by atoms with E-state index in [0.717, 1.165) is 0 Å². The number of rotatable bonds is 10. The number of allylic oxidation sites excluding steroid dienone is 1. The van der Waals surface area contributed by atoms with Crippen LogP contribution in [0.1, 0.15) is 66.2 Å². The highest BCUT2D eigenvalue weighted by Gasteiger charge is 2.61. The van der Waals surface area contributed by atoms with Crippen molar-refractivity contribution in [2.24, 2.45) is 5.92 Å². The van der Waals surface area contributed by atoms with Gasteiger partial charge in [-0.2, -0.15) is 4.98 Å². The predicted molar refractivity (Wildman–Crippen MR) is 174 cm³/mol. The molecule has 6 rings (SSSR count). The van der Waals surface area contributed by atoms with Crippen LogP contribution in [-0.2, 0) is 20.9 Å². The van der Waals surface area contributed by atoms with Crippen molar-refractivity contribution in [1.29, 1.82) is 0 Å². The molecule has 2 amide bonds. The first-order chi connectivity index (χ1) is 23.8. The summed E-state index contributed by atoms with van der Waals surface area (Å²) in [4.78, 5) is 59.2. The number of nitrogens with zero attached hydrogens (tertiary/aromatic N) is 3. The summed E-state index contributed by atoms with van der Waals surface area (Å²) >= 11 is 6.58. The third-order valence-electron chi connectivity index (χ3n) is 9.46. The van der Waals surface area contributed by atoms with Crippen molar-refractivity contribution in [1.82, 2.24) is 20.4 Å². The molecule has 2 aliphatic heterocycles. The Kier molecular flexibility index (Phi) is 9.12. The van der Waals surface area contributed by atoms with Gasteiger partial charge in [0.15, 0.2) is 34.6 Å². The van der Waals surface area contributed by atoms with Gasteiger partial charge in [0, 0.05) is 56.3 Å². The largest absolute Gasteiger partial charge is 0.507 e. The maximum absolute atomic E-state index is 14.3. The molecule has 1 fully saturated rings. The number of aliphatic hydroxyl groups excluding tert-OH is 1. The molecule has 2 aromatic carbocycles. The van der Waals surface area contributed by atoms with E-state index in [4.69, 9.17) is 35.1 Å². The Hall–Kier alpha value is -5.31. The number of Topliss-reactive ketones (excluding diaryl/α,β-unsaturated/α-hetero) is 2. The van der Waals surface area contributed by atoms with Crippen LogP contribution in [0, 0.1) is 5.92 Å². The third-order valence-corrected chi connectivity index (χ3v) is 9.82. The van der Waals surface area contributed by atoms with E-state index in [-0.39, 0.29) is 81.9 Å². The van der Waals surface area contributed by atoms with E-state index in [1.165, 1.54) is 52.5 Å². The van der Waals surface area contributed by atoms with Crippen molar-refractivity contribution in [3.8, 4) is 28.7 Å². The number of phenols is 1. The summed E-state index contributed by atoms with van der Waals surface area (Å²) in [7, 11) is 4.08. The zero-order valence-corrected chi connectivity index (χ0v) is 28.6. The third kappa shape index (κ3) is 5.64. The Morgan fingerprint density at radius 3 is 2.46 bits per heavy atom. The van der Waals surface area contributed by atoms with Gasteiger partial charge in [0.1, 0.15) is 22.1 Å². The molecule has 1 aliphatic carbocycles. The monoisotopic (exact) mass is 710 g/mol. The van der Waals surface area contributed by atoms with Crippen LogP contribution in [0.15, 0.2) is 40.1 Å². The normalized spacial score (nSPS) is 20.7. The van der Waals surface area contributed by atoms with Gasteiger partial charge in [-0.3, -0.25) is 19.2 Å². The highest BCUT2D eigenvalue weighted by Crippen LogP contribution is 2.56. The number of ketones is 2. The number of halogens is 1. The molecule has 1 spiro atoms. The number of methoxy groups -OCH3 is 3. The van der Waals surface area contributed by atoms with Crippen LogP contribution in [0.25, 0.3) is 0 Å². The van der Waals surface area contributed by atoms with Crippen molar-refractivity contribution in [3.05, 3.63) is 63.5 Å². The number of hydrogen-bond acceptors (Lipinski definition) is 13. The lowest BCUT2D eigenvalue weighted by Gasteiger charge is -2.38. The number of carbonyl (C=O) groups is 4. The van der Waals surface area contributed by atoms with Gasteiger partial charge in [-0.25, -0.2) is 0 Å². The lowest BCUT2D eigenvalue weighted by molar-refractivity contribution is -0.133. The van der Waals surface area contributed by atoms with E-state index < -0.39 is 40.7 Å². The molecule has 0 saturated carbocycles. The molecule has 3 aromatic rings. The van der Waals surface area contributed by atoms with Gasteiger partial charge < -0.3 is 43.9 Å². The molecule has 50 heavy (non-hydrogen) atoms. The van der Waals surface area contributed by atoms with Crippen molar-refractivity contribution < 1.29 is 52.9 Å². The number of amides is 2. The summed E-state index contributed by atoms with van der Waals surface area (Å²) < 4.78 is 27.7. The van der Waals surface area contributed by atoms with E-state index in [2.05, 4.69) is 15.5 Å². The van der Waals surface area contributed by atoms with E-state index >= 15 is 0 Å². The topological polar surface area (TPSA) is 200 Å². The minimum atomic E-state index is -2.08. The molecule has 264 valence electrons. The number of aromatic hydroxyl groups is 1. The van der Waals surface area contributed by atoms with Gasteiger partial charge in [-0.1, -0.05) is 29.7 Å². The lowest BCUT2D eigenvalue weighted by Crippen LogP contribution is -2.53. The van der Waals surface area contributed by atoms with Gasteiger partial charge in [-0.05, 0) is 17.7 Å². The summed E-state index contributed by atoms with van der Waals surface area (Å²) in [6.07, 6.45) is -0.610. The number of nitrogens with one attached hydrogen (secondary N) is 1. The molecule has 3 heterocycles. The van der Waals surface area contributed by atoms with Crippen LogP contribution in [0.2, 0.25) is 5.02 Å². The fourth-order valence-corrected chi connectivity index (χ4v) is 6.93. The second-order valence-corrected chi connectivity index (χ2v) is 12.8. The standard InChI is InChI=1S/C34H35ClN4O11/c1-15-8-21(42)27(31(44)34(15)32(45)28-23(47-4)11-24(48-5)29(35)30(28)49-34)19(17-6-7-20(41)22(9-17)46-3)10-26(43)36-12-25-37-33(50-38-25)18-13-39(14-18)16(2)40/h6-7,9,11,15,18-19,41,44H,8,10,12-14H2,1-5H3,(H,36,43). The van der Waals surface area contributed by atoms with E-state index in [0.29, 0.717) is 24.5 Å². The summed E-state index contributed by atoms with van der Waals surface area (Å²) in [6, 6.07) is 5.69. The summed E-state index contributed by atoms with van der Waals surface area (Å²) in [5, 5.41) is 29.0. The van der Waals surface area contributed by atoms with E-state index in [1.54, 1.807) is 11.8 Å². The first-order valence-electron chi connectivity index (χ1n) is 15.7. The fourth-order valence-electron chi connectivity index (χ4n) is 6.67. The number of hydrogen-bond donors (Lipinski definition) is 3. The SMILES string of the molecule is COc1cc(C(CC(=O)NCc2noc(C3CN(C(C)=O)C3)n2)C2=C(O)C3(Oc4c(Cl)c(OC)cc(OC)c4C3=O)C(C)CC2=O)ccc1O. The Morgan fingerprint density at radius 1 is 1.10 bits per heavy atom. The number of aromatic nitrogens is 2. The second-order valence-electron chi connectivity index (χ2n) is 12.4. The highest BCUT2D eigenvalue weighted by molar-refractivity contribution is 6.35. The smallest absolute Gasteiger partial charge is 0.233 e. The minimum absolute atomic E-state index is 0.0238. The number of carbonyl (C=O) groups excluding carboxylic acids is 4. The molecule has 3 atom stereocenters. The summed E-state index contributed by atoms with van der Waals surface area (Å²) in [6.45, 7) is 3.87. The Balaban J connectivity index is 1.34. The fraction of sp³-hybridized carbons (Fsp3) is 0.412. The first kappa shape index (κ1) is 34.5. The molecular formula is C34H35ClN4O11. The zero-order chi connectivity index (χ0) is 36.1. The Bertz CT molecular complexity index is 1940. The Labute approximate surface area is 291 Å². The average Bonchev–Trinajstić information content (AvgIpc) is 3.65. The van der Waals surface area contributed by atoms with Crippen LogP contribution in [0.4, 0.5) is 0 Å². The molecule has 1 saturated heterocycles. The van der Waals surface area contributed by atoms with Crippen LogP contribution < -0.4 is 24.3 Å². The van der Waals surface area contributed by atoms with Gasteiger partial charge in [-0.15, -0.1) is 0 Å². The molecular weight excluding hydrogens is 676 g/mol. The molecule has 16 heteroatoms. The minimum Gasteiger partial charge on any atom is -0.507 e. The highest BCUT2D eigenvalue weighted by atomic mass is 35.5. The quantitative estimate of drug-likeness (QED) is 0.276. The van der Waals surface area contributed by atoms with Crippen LogP contribution in [0.5, 0.6) is 28.7 Å². The number of phenolic OH excluding ortho intramolecular Hbond substituents is 1. The predicted octanol–water partition coefficient (Wildman–Crippen LogP) is 3.63. The van der Waals surface area contributed by atoms with Crippen LogP contribution in [-0.4, -0.2) is 88.7 Å². The maximum atomic E-state index is 14.3. The number of likely N-dealkylation sites (tertiary alicyclic amines) is 1. The number of ether oxygens (including phenoxy) is 4. The van der Waals surface area contributed by atoms with Gasteiger partial charge in [0.05, 0.1) is 33.8 Å². The maximum Gasteiger partial charge on any atom is 0.233 e. The van der Waals surface area contributed by atoms with E-state index in [1.807, 2.05) is 0 Å². The molecule has 0 bridgehead atoms. The number of aliphatic hydroxyl groups is 1. The Morgan fingerprint density at radius 2 is 1.80 bits per heavy atom.